The standard InChI is InChI=1S/C10H9N2OS/c13-9(10-2-1-7-14-10)8-12-5-3-11-4-6-12/h1-7H,8H2/q+1. The highest BCUT2D eigenvalue weighted by molar-refractivity contribution is 7.12. The van der Waals surface area contributed by atoms with Gasteiger partial charge in [0, 0.05) is 0 Å². The predicted molar refractivity (Wildman–Crippen MR) is 53.1 cm³/mol. The van der Waals surface area contributed by atoms with Crippen LogP contribution in [-0.4, -0.2) is 10.8 Å². The molecular weight excluding hydrogens is 196 g/mol. The van der Waals surface area contributed by atoms with Crippen LogP contribution in [0.4, 0.5) is 0 Å². The van der Waals surface area contributed by atoms with Gasteiger partial charge in [-0.1, -0.05) is 6.07 Å². The second-order valence-electron chi connectivity index (χ2n) is 2.82. The Morgan fingerprint density at radius 1 is 1.43 bits per heavy atom. The van der Waals surface area contributed by atoms with Gasteiger partial charge < -0.3 is 0 Å². The van der Waals surface area contributed by atoms with Crippen LogP contribution in [0.25, 0.3) is 0 Å². The Bertz CT molecular complexity index is 411. The maximum atomic E-state index is 11.6. The molecule has 3 nitrogen and oxygen atoms in total. The lowest BCUT2D eigenvalue weighted by atomic mass is 10.3. The number of thiophene rings is 1. The quantitative estimate of drug-likeness (QED) is 0.559. The molecule has 2 rings (SSSR count). The van der Waals surface area contributed by atoms with Crippen molar-refractivity contribution in [3.05, 3.63) is 47.2 Å². The second kappa shape index (κ2) is 4.11. The third-order valence-corrected chi connectivity index (χ3v) is 2.72. The molecule has 0 fully saturated rings. The molecule has 0 aliphatic rings. The van der Waals surface area contributed by atoms with E-state index in [0.29, 0.717) is 6.54 Å². The fourth-order valence-corrected chi connectivity index (χ4v) is 1.79. The number of Topliss-reactive ketones (excluding diaryl/α,β-unsaturated/α-hetero) is 1. The van der Waals surface area contributed by atoms with Gasteiger partial charge in [-0.2, -0.15) is 4.57 Å². The summed E-state index contributed by atoms with van der Waals surface area (Å²) in [6, 6.07) is 3.73. The Hall–Kier alpha value is -1.55. The SMILES string of the molecule is O=C(C[n+]1ccncc1)c1cccs1. The fourth-order valence-electron chi connectivity index (χ4n) is 1.13. The van der Waals surface area contributed by atoms with Crippen molar-refractivity contribution in [3.8, 4) is 0 Å². The summed E-state index contributed by atoms with van der Waals surface area (Å²) in [5.74, 6) is 0.135. The zero-order valence-corrected chi connectivity index (χ0v) is 8.28. The minimum Gasteiger partial charge on any atom is -0.286 e. The van der Waals surface area contributed by atoms with E-state index in [0.717, 1.165) is 4.88 Å². The summed E-state index contributed by atoms with van der Waals surface area (Å²) in [4.78, 5) is 16.3. The van der Waals surface area contributed by atoms with Crippen molar-refractivity contribution in [2.45, 2.75) is 6.54 Å². The molecule has 0 saturated carbocycles. The molecular formula is C10H9N2OS+. The molecule has 0 aliphatic heterocycles. The van der Waals surface area contributed by atoms with E-state index in [9.17, 15) is 4.79 Å². The van der Waals surface area contributed by atoms with Gasteiger partial charge in [-0.15, -0.1) is 11.3 Å². The van der Waals surface area contributed by atoms with Gasteiger partial charge in [0.25, 0.3) is 0 Å². The summed E-state index contributed by atoms with van der Waals surface area (Å²) < 4.78 is 1.81. The molecule has 70 valence electrons. The molecule has 4 heteroatoms. The number of ketones is 1. The average molecular weight is 205 g/mol. The molecule has 0 N–H and O–H groups in total. The van der Waals surface area contributed by atoms with Crippen molar-refractivity contribution in [2.75, 3.05) is 0 Å². The Morgan fingerprint density at radius 3 is 2.86 bits per heavy atom. The Morgan fingerprint density at radius 2 is 2.21 bits per heavy atom. The highest BCUT2D eigenvalue weighted by atomic mass is 32.1. The molecule has 0 spiro atoms. The molecule has 0 radical (unpaired) electrons. The molecule has 0 atom stereocenters. The number of aromatic nitrogens is 2. The number of hydrogen-bond acceptors (Lipinski definition) is 3. The zero-order valence-electron chi connectivity index (χ0n) is 7.46. The first-order chi connectivity index (χ1) is 6.86. The molecule has 0 aromatic carbocycles. The maximum Gasteiger partial charge on any atom is 0.237 e. The first-order valence-corrected chi connectivity index (χ1v) is 5.10. The minimum atomic E-state index is 0.135. The summed E-state index contributed by atoms with van der Waals surface area (Å²) in [5, 5.41) is 1.91. The van der Waals surface area contributed by atoms with E-state index < -0.39 is 0 Å². The molecule has 14 heavy (non-hydrogen) atoms. The minimum absolute atomic E-state index is 0.135. The van der Waals surface area contributed by atoms with Gasteiger partial charge in [0.05, 0.1) is 17.3 Å². The Balaban J connectivity index is 2.10. The summed E-state index contributed by atoms with van der Waals surface area (Å²) in [7, 11) is 0. The smallest absolute Gasteiger partial charge is 0.237 e. The summed E-state index contributed by atoms with van der Waals surface area (Å²) in [6.07, 6.45) is 6.90. The number of hydrogen-bond donors (Lipinski definition) is 0. The lowest BCUT2D eigenvalue weighted by molar-refractivity contribution is -0.683. The lowest BCUT2D eigenvalue weighted by Crippen LogP contribution is -2.36. The maximum absolute atomic E-state index is 11.6. The van der Waals surface area contributed by atoms with Crippen molar-refractivity contribution in [1.82, 2.24) is 4.98 Å². The number of carbonyl (C=O) groups excluding carboxylic acids is 1. The first-order valence-electron chi connectivity index (χ1n) is 4.22. The highest BCUT2D eigenvalue weighted by Gasteiger charge is 2.11. The molecule has 0 amide bonds. The van der Waals surface area contributed by atoms with Gasteiger partial charge in [-0.25, -0.2) is 0 Å². The third kappa shape index (κ3) is 2.03. The van der Waals surface area contributed by atoms with Gasteiger partial charge in [-0.05, 0) is 11.4 Å². The topological polar surface area (TPSA) is 33.8 Å². The van der Waals surface area contributed by atoms with Crippen LogP contribution in [0, 0.1) is 0 Å². The van der Waals surface area contributed by atoms with Crippen molar-refractivity contribution in [2.24, 2.45) is 0 Å². The predicted octanol–water partition coefficient (Wildman–Crippen LogP) is 1.31. The summed E-state index contributed by atoms with van der Waals surface area (Å²) >= 11 is 1.47. The molecule has 0 unspecified atom stereocenters. The summed E-state index contributed by atoms with van der Waals surface area (Å²) in [6.45, 7) is 0.378. The normalized spacial score (nSPS) is 10.0. The molecule has 0 saturated heterocycles. The van der Waals surface area contributed by atoms with E-state index in [2.05, 4.69) is 4.98 Å². The van der Waals surface area contributed by atoms with Crippen LogP contribution in [0.2, 0.25) is 0 Å². The summed E-state index contributed by atoms with van der Waals surface area (Å²) in [5.41, 5.74) is 0. The van der Waals surface area contributed by atoms with Crippen molar-refractivity contribution < 1.29 is 9.36 Å². The molecule has 2 heterocycles. The van der Waals surface area contributed by atoms with Crippen LogP contribution in [0.3, 0.4) is 0 Å². The van der Waals surface area contributed by atoms with Crippen LogP contribution in [0.5, 0.6) is 0 Å². The van der Waals surface area contributed by atoms with E-state index >= 15 is 0 Å². The number of rotatable bonds is 3. The third-order valence-electron chi connectivity index (χ3n) is 1.81. The van der Waals surface area contributed by atoms with Crippen LogP contribution in [0.15, 0.2) is 42.3 Å². The van der Waals surface area contributed by atoms with Crippen molar-refractivity contribution in [1.29, 1.82) is 0 Å². The van der Waals surface area contributed by atoms with Crippen LogP contribution < -0.4 is 4.57 Å². The van der Waals surface area contributed by atoms with Crippen LogP contribution >= 0.6 is 11.3 Å². The molecule has 2 aromatic heterocycles. The molecule has 0 aliphatic carbocycles. The fraction of sp³-hybridized carbons (Fsp3) is 0.100. The largest absolute Gasteiger partial charge is 0.286 e. The van der Waals surface area contributed by atoms with E-state index in [1.807, 2.05) is 22.1 Å². The zero-order chi connectivity index (χ0) is 9.80. The van der Waals surface area contributed by atoms with E-state index in [4.69, 9.17) is 0 Å². The van der Waals surface area contributed by atoms with Gasteiger partial charge in [0.2, 0.25) is 12.3 Å². The molecule has 0 bridgehead atoms. The average Bonchev–Trinajstić information content (AvgIpc) is 2.72. The van der Waals surface area contributed by atoms with Crippen molar-refractivity contribution >= 4 is 17.1 Å². The van der Waals surface area contributed by atoms with Gasteiger partial charge in [0.1, 0.15) is 0 Å². The van der Waals surface area contributed by atoms with Gasteiger partial charge in [0.15, 0.2) is 12.4 Å². The van der Waals surface area contributed by atoms with Gasteiger partial charge in [-0.3, -0.25) is 9.78 Å². The number of carbonyl (C=O) groups is 1. The first kappa shape index (κ1) is 9.02. The van der Waals surface area contributed by atoms with E-state index in [-0.39, 0.29) is 5.78 Å². The van der Waals surface area contributed by atoms with Crippen LogP contribution in [-0.2, 0) is 6.54 Å². The number of nitrogens with zero attached hydrogens (tertiary/aromatic N) is 2. The van der Waals surface area contributed by atoms with E-state index in [1.165, 1.54) is 11.3 Å². The van der Waals surface area contributed by atoms with Crippen LogP contribution in [0.1, 0.15) is 9.67 Å². The van der Waals surface area contributed by atoms with Crippen molar-refractivity contribution in [3.63, 3.8) is 0 Å². The van der Waals surface area contributed by atoms with Gasteiger partial charge >= 0.3 is 0 Å². The Kier molecular flexibility index (Phi) is 2.65. The Labute approximate surface area is 85.7 Å². The highest BCUT2D eigenvalue weighted by Crippen LogP contribution is 2.08. The monoisotopic (exact) mass is 205 g/mol. The second-order valence-corrected chi connectivity index (χ2v) is 3.77. The lowest BCUT2D eigenvalue weighted by Gasteiger charge is -1.92. The molecule has 2 aromatic rings. The van der Waals surface area contributed by atoms with E-state index in [1.54, 1.807) is 24.8 Å².